The summed E-state index contributed by atoms with van der Waals surface area (Å²) < 4.78 is 0. The molecule has 1 saturated carbocycles. The van der Waals surface area contributed by atoms with E-state index in [9.17, 15) is 14.9 Å². The molecule has 6 heteroatoms. The molecule has 0 radical (unpaired) electrons. The predicted molar refractivity (Wildman–Crippen MR) is 81.1 cm³/mol. The molecule has 0 aromatic heterocycles. The summed E-state index contributed by atoms with van der Waals surface area (Å²) in [6.45, 7) is 2.60. The number of carbonyl (C=O) groups excluding carboxylic acids is 1. The van der Waals surface area contributed by atoms with E-state index in [0.717, 1.165) is 25.7 Å². The van der Waals surface area contributed by atoms with Crippen LogP contribution in [0.2, 0.25) is 0 Å². The van der Waals surface area contributed by atoms with Crippen LogP contribution in [0.1, 0.15) is 49.4 Å². The van der Waals surface area contributed by atoms with Gasteiger partial charge in [-0.1, -0.05) is 19.3 Å². The normalized spacial score (nSPS) is 15.7. The van der Waals surface area contributed by atoms with Gasteiger partial charge in [-0.3, -0.25) is 14.9 Å². The third-order valence-electron chi connectivity index (χ3n) is 4.09. The topological polar surface area (TPSA) is 89.5 Å². The van der Waals surface area contributed by atoms with Crippen LogP contribution in [-0.2, 0) is 0 Å². The van der Waals surface area contributed by atoms with Gasteiger partial charge in [0.1, 0.15) is 5.69 Å². The Morgan fingerprint density at radius 2 is 2.05 bits per heavy atom. The molecular formula is C15H21N3O3. The first-order valence-corrected chi connectivity index (χ1v) is 7.39. The lowest BCUT2D eigenvalue weighted by atomic mass is 9.93. The van der Waals surface area contributed by atoms with Crippen LogP contribution in [0.4, 0.5) is 11.4 Å². The van der Waals surface area contributed by atoms with Crippen LogP contribution < -0.4 is 5.73 Å². The van der Waals surface area contributed by atoms with Crippen molar-refractivity contribution < 1.29 is 9.72 Å². The first-order chi connectivity index (χ1) is 10.0. The molecule has 6 nitrogen and oxygen atoms in total. The van der Waals surface area contributed by atoms with Crippen molar-refractivity contribution in [3.8, 4) is 0 Å². The van der Waals surface area contributed by atoms with Crippen LogP contribution in [0.3, 0.4) is 0 Å². The summed E-state index contributed by atoms with van der Waals surface area (Å²) in [4.78, 5) is 24.7. The number of nitro benzene ring substituents is 1. The summed E-state index contributed by atoms with van der Waals surface area (Å²) in [5, 5.41) is 10.8. The Kier molecular flexibility index (Phi) is 4.77. The Bertz CT molecular complexity index is 539. The monoisotopic (exact) mass is 291 g/mol. The van der Waals surface area contributed by atoms with Crippen molar-refractivity contribution >= 4 is 17.3 Å². The fourth-order valence-electron chi connectivity index (χ4n) is 2.98. The van der Waals surface area contributed by atoms with E-state index in [-0.39, 0.29) is 23.3 Å². The van der Waals surface area contributed by atoms with E-state index < -0.39 is 4.92 Å². The van der Waals surface area contributed by atoms with E-state index in [0.29, 0.717) is 12.1 Å². The van der Waals surface area contributed by atoms with Crippen molar-refractivity contribution in [2.75, 3.05) is 12.3 Å². The highest BCUT2D eigenvalue weighted by Gasteiger charge is 2.25. The minimum Gasteiger partial charge on any atom is -0.393 e. The molecule has 0 heterocycles. The molecule has 0 saturated heterocycles. The van der Waals surface area contributed by atoms with E-state index in [1.165, 1.54) is 24.6 Å². The van der Waals surface area contributed by atoms with Crippen molar-refractivity contribution in [1.82, 2.24) is 4.90 Å². The Morgan fingerprint density at radius 3 is 2.57 bits per heavy atom. The fourth-order valence-corrected chi connectivity index (χ4v) is 2.98. The largest absolute Gasteiger partial charge is 0.393 e. The van der Waals surface area contributed by atoms with Gasteiger partial charge < -0.3 is 10.6 Å². The Labute approximate surface area is 124 Å². The second-order valence-corrected chi connectivity index (χ2v) is 5.41. The van der Waals surface area contributed by atoms with Crippen LogP contribution in [0, 0.1) is 10.1 Å². The Balaban J connectivity index is 2.21. The summed E-state index contributed by atoms with van der Waals surface area (Å²) in [7, 11) is 0. The number of rotatable bonds is 4. The molecule has 0 atom stereocenters. The molecule has 2 rings (SSSR count). The minimum absolute atomic E-state index is 0.0329. The van der Waals surface area contributed by atoms with Crippen LogP contribution in [-0.4, -0.2) is 28.3 Å². The third kappa shape index (κ3) is 3.32. The Hall–Kier alpha value is -2.11. The second kappa shape index (κ2) is 6.56. The van der Waals surface area contributed by atoms with Crippen molar-refractivity contribution in [3.05, 3.63) is 33.9 Å². The molecule has 0 unspecified atom stereocenters. The molecule has 1 aliphatic rings. The zero-order valence-electron chi connectivity index (χ0n) is 12.2. The SMILES string of the molecule is CCN(C(=O)c1ccc([N+](=O)[O-])c(N)c1)C1CCCCC1. The van der Waals surface area contributed by atoms with Crippen molar-refractivity contribution in [2.24, 2.45) is 0 Å². The van der Waals surface area contributed by atoms with Gasteiger partial charge in [-0.15, -0.1) is 0 Å². The number of amides is 1. The smallest absolute Gasteiger partial charge is 0.292 e. The van der Waals surface area contributed by atoms with Crippen LogP contribution in [0.25, 0.3) is 0 Å². The van der Waals surface area contributed by atoms with E-state index in [4.69, 9.17) is 5.73 Å². The van der Waals surface area contributed by atoms with Crippen LogP contribution >= 0.6 is 0 Å². The molecule has 1 aliphatic carbocycles. The number of hydrogen-bond donors (Lipinski definition) is 1. The van der Waals surface area contributed by atoms with Gasteiger partial charge in [-0.25, -0.2) is 0 Å². The first kappa shape index (κ1) is 15.3. The lowest BCUT2D eigenvalue weighted by Crippen LogP contribution is -2.41. The molecule has 1 fully saturated rings. The van der Waals surface area contributed by atoms with E-state index in [1.54, 1.807) is 0 Å². The number of nitro groups is 1. The van der Waals surface area contributed by atoms with Gasteiger partial charge in [0, 0.05) is 24.2 Å². The molecule has 21 heavy (non-hydrogen) atoms. The number of anilines is 1. The highest BCUT2D eigenvalue weighted by molar-refractivity contribution is 5.96. The second-order valence-electron chi connectivity index (χ2n) is 5.41. The zero-order chi connectivity index (χ0) is 15.4. The minimum atomic E-state index is -0.539. The highest BCUT2D eigenvalue weighted by Crippen LogP contribution is 2.26. The maximum atomic E-state index is 12.6. The highest BCUT2D eigenvalue weighted by atomic mass is 16.6. The van der Waals surface area contributed by atoms with E-state index in [1.807, 2.05) is 11.8 Å². The average molecular weight is 291 g/mol. The Morgan fingerprint density at radius 1 is 1.38 bits per heavy atom. The predicted octanol–water partition coefficient (Wildman–Crippen LogP) is 2.97. The molecular weight excluding hydrogens is 270 g/mol. The van der Waals surface area contributed by atoms with Crippen molar-refractivity contribution in [3.63, 3.8) is 0 Å². The van der Waals surface area contributed by atoms with Gasteiger partial charge in [0.05, 0.1) is 4.92 Å². The summed E-state index contributed by atoms with van der Waals surface area (Å²) in [6.07, 6.45) is 5.59. The first-order valence-electron chi connectivity index (χ1n) is 7.39. The molecule has 114 valence electrons. The molecule has 1 amide bonds. The van der Waals surface area contributed by atoms with Gasteiger partial charge in [0.15, 0.2) is 0 Å². The number of nitrogens with zero attached hydrogens (tertiary/aromatic N) is 2. The summed E-state index contributed by atoms with van der Waals surface area (Å²) in [5.41, 5.74) is 5.96. The van der Waals surface area contributed by atoms with Crippen molar-refractivity contribution in [2.45, 2.75) is 45.1 Å². The molecule has 2 N–H and O–H groups in total. The number of benzene rings is 1. The fraction of sp³-hybridized carbons (Fsp3) is 0.533. The number of carbonyl (C=O) groups is 1. The van der Waals surface area contributed by atoms with Gasteiger partial charge in [0.2, 0.25) is 0 Å². The third-order valence-corrected chi connectivity index (χ3v) is 4.09. The lowest BCUT2D eigenvalue weighted by Gasteiger charge is -2.33. The van der Waals surface area contributed by atoms with E-state index in [2.05, 4.69) is 0 Å². The zero-order valence-corrected chi connectivity index (χ0v) is 12.2. The van der Waals surface area contributed by atoms with E-state index >= 15 is 0 Å². The lowest BCUT2D eigenvalue weighted by molar-refractivity contribution is -0.383. The molecule has 0 spiro atoms. The molecule has 1 aromatic carbocycles. The van der Waals surface area contributed by atoms with Crippen LogP contribution in [0.15, 0.2) is 18.2 Å². The molecule has 1 aromatic rings. The maximum Gasteiger partial charge on any atom is 0.292 e. The van der Waals surface area contributed by atoms with Crippen molar-refractivity contribution in [1.29, 1.82) is 0 Å². The number of nitrogens with two attached hydrogens (primary N) is 1. The van der Waals surface area contributed by atoms with Gasteiger partial charge >= 0.3 is 0 Å². The number of hydrogen-bond acceptors (Lipinski definition) is 4. The van der Waals surface area contributed by atoms with Gasteiger partial charge in [-0.05, 0) is 31.9 Å². The quantitative estimate of drug-likeness (QED) is 0.524. The molecule has 0 bridgehead atoms. The van der Waals surface area contributed by atoms with Crippen LogP contribution in [0.5, 0.6) is 0 Å². The molecule has 0 aliphatic heterocycles. The standard InChI is InChI=1S/C15H21N3O3/c1-2-17(12-6-4-3-5-7-12)15(19)11-8-9-14(18(20)21)13(16)10-11/h8-10,12H,2-7,16H2,1H3. The maximum absolute atomic E-state index is 12.6. The average Bonchev–Trinajstić information content (AvgIpc) is 2.48. The van der Waals surface area contributed by atoms with Gasteiger partial charge in [0.25, 0.3) is 11.6 Å². The summed E-state index contributed by atoms with van der Waals surface area (Å²) in [6, 6.07) is 4.47. The van der Waals surface area contributed by atoms with Gasteiger partial charge in [-0.2, -0.15) is 0 Å². The number of nitrogen functional groups attached to an aromatic ring is 1. The summed E-state index contributed by atoms with van der Waals surface area (Å²) in [5.74, 6) is -0.0917. The summed E-state index contributed by atoms with van der Waals surface area (Å²) >= 11 is 0.